The number of hydrogen-bond donors (Lipinski definition) is 0. The molecule has 0 aliphatic heterocycles. The third-order valence-electron chi connectivity index (χ3n) is 3.02. The molecule has 1 unspecified atom stereocenters. The Morgan fingerprint density at radius 2 is 1.94 bits per heavy atom. The third-order valence-corrected chi connectivity index (χ3v) is 3.02. The maximum absolute atomic E-state index is 12.0. The second kappa shape index (κ2) is 5.04. The Labute approximate surface area is 101 Å². The number of aromatic nitrogens is 2. The van der Waals surface area contributed by atoms with Gasteiger partial charge >= 0.3 is 0 Å². The van der Waals surface area contributed by atoms with Gasteiger partial charge in [-0.1, -0.05) is 20.3 Å². The topological polar surface area (TPSA) is 42.9 Å². The molecule has 0 fully saturated rings. The Balaban J connectivity index is 2.27. The number of ketones is 1. The van der Waals surface area contributed by atoms with Crippen molar-refractivity contribution in [2.24, 2.45) is 5.92 Å². The van der Waals surface area contributed by atoms with Crippen molar-refractivity contribution in [1.82, 2.24) is 9.97 Å². The van der Waals surface area contributed by atoms with Crippen molar-refractivity contribution >= 4 is 16.8 Å². The number of rotatable bonds is 4. The molecule has 88 valence electrons. The van der Waals surface area contributed by atoms with E-state index in [1.165, 1.54) is 0 Å². The molecule has 0 aliphatic carbocycles. The number of nitrogens with zero attached hydrogens (tertiary/aromatic N) is 2. The van der Waals surface area contributed by atoms with Gasteiger partial charge in [-0.15, -0.1) is 0 Å². The summed E-state index contributed by atoms with van der Waals surface area (Å²) in [5.74, 6) is 0.618. The first-order valence-corrected chi connectivity index (χ1v) is 5.94. The van der Waals surface area contributed by atoms with Gasteiger partial charge in [0.05, 0.1) is 11.0 Å². The average molecular weight is 228 g/mol. The van der Waals surface area contributed by atoms with E-state index >= 15 is 0 Å². The van der Waals surface area contributed by atoms with Gasteiger partial charge in [0.1, 0.15) is 0 Å². The minimum atomic E-state index is 0.187. The van der Waals surface area contributed by atoms with Crippen LogP contribution in [0, 0.1) is 5.92 Å². The van der Waals surface area contributed by atoms with Crippen LogP contribution in [0.1, 0.15) is 37.0 Å². The van der Waals surface area contributed by atoms with Crippen LogP contribution in [0.15, 0.2) is 30.6 Å². The Bertz CT molecular complexity index is 536. The van der Waals surface area contributed by atoms with Crippen molar-refractivity contribution in [3.8, 4) is 0 Å². The summed E-state index contributed by atoms with van der Waals surface area (Å²) in [5, 5.41) is 0. The first-order valence-electron chi connectivity index (χ1n) is 5.94. The summed E-state index contributed by atoms with van der Waals surface area (Å²) in [6.45, 7) is 4.20. The number of Topliss-reactive ketones (excluding diaryl/α,β-unsaturated/α-hetero) is 1. The van der Waals surface area contributed by atoms with Crippen molar-refractivity contribution in [2.75, 3.05) is 0 Å². The first-order chi connectivity index (χ1) is 8.20. The summed E-state index contributed by atoms with van der Waals surface area (Å²) in [7, 11) is 0. The maximum atomic E-state index is 12.0. The maximum Gasteiger partial charge on any atom is 0.163 e. The van der Waals surface area contributed by atoms with Crippen molar-refractivity contribution < 1.29 is 4.79 Å². The minimum absolute atomic E-state index is 0.187. The van der Waals surface area contributed by atoms with Crippen LogP contribution < -0.4 is 0 Å². The van der Waals surface area contributed by atoms with Crippen LogP contribution in [0.4, 0.5) is 0 Å². The molecule has 3 heteroatoms. The fourth-order valence-corrected chi connectivity index (χ4v) is 1.72. The average Bonchev–Trinajstić information content (AvgIpc) is 2.38. The normalized spacial score (nSPS) is 12.6. The predicted molar refractivity (Wildman–Crippen MR) is 67.9 cm³/mol. The minimum Gasteiger partial charge on any atom is -0.294 e. The second-order valence-corrected chi connectivity index (χ2v) is 4.40. The molecule has 1 aromatic heterocycles. The van der Waals surface area contributed by atoms with Gasteiger partial charge in [-0.25, -0.2) is 0 Å². The molecule has 0 radical (unpaired) electrons. The zero-order valence-electron chi connectivity index (χ0n) is 10.2. The van der Waals surface area contributed by atoms with E-state index < -0.39 is 0 Å². The SMILES string of the molecule is CCC(C)CC(=O)c1ccc2nccnc2c1. The Kier molecular flexibility index (Phi) is 3.47. The molecule has 0 spiro atoms. The lowest BCUT2D eigenvalue weighted by molar-refractivity contribution is 0.0964. The highest BCUT2D eigenvalue weighted by Crippen LogP contribution is 2.16. The number of carbonyl (C=O) groups is 1. The summed E-state index contributed by atoms with van der Waals surface area (Å²) in [6.07, 6.45) is 4.93. The van der Waals surface area contributed by atoms with Gasteiger partial charge in [0, 0.05) is 24.4 Å². The van der Waals surface area contributed by atoms with Crippen LogP contribution in [0.5, 0.6) is 0 Å². The summed E-state index contributed by atoms with van der Waals surface area (Å²) < 4.78 is 0. The van der Waals surface area contributed by atoms with Gasteiger partial charge in [0.15, 0.2) is 5.78 Å². The van der Waals surface area contributed by atoms with Crippen molar-refractivity contribution in [2.45, 2.75) is 26.7 Å². The van der Waals surface area contributed by atoms with Crippen LogP contribution in [-0.2, 0) is 0 Å². The smallest absolute Gasteiger partial charge is 0.163 e. The molecule has 1 heterocycles. The number of benzene rings is 1. The molecule has 1 aromatic carbocycles. The lowest BCUT2D eigenvalue weighted by atomic mass is 9.97. The molecular weight excluding hydrogens is 212 g/mol. The Hall–Kier alpha value is -1.77. The number of carbonyl (C=O) groups excluding carboxylic acids is 1. The molecule has 17 heavy (non-hydrogen) atoms. The molecule has 2 aromatic rings. The summed E-state index contributed by atoms with van der Waals surface area (Å²) in [5.41, 5.74) is 2.34. The summed E-state index contributed by atoms with van der Waals surface area (Å²) >= 11 is 0. The van der Waals surface area contributed by atoms with E-state index in [9.17, 15) is 4.79 Å². The Morgan fingerprint density at radius 1 is 1.24 bits per heavy atom. The molecule has 0 saturated carbocycles. The van der Waals surface area contributed by atoms with E-state index in [2.05, 4.69) is 23.8 Å². The van der Waals surface area contributed by atoms with Crippen LogP contribution in [0.3, 0.4) is 0 Å². The highest BCUT2D eigenvalue weighted by atomic mass is 16.1. The second-order valence-electron chi connectivity index (χ2n) is 4.40. The van der Waals surface area contributed by atoms with E-state index in [0.717, 1.165) is 23.0 Å². The van der Waals surface area contributed by atoms with Gasteiger partial charge in [-0.2, -0.15) is 0 Å². The van der Waals surface area contributed by atoms with Gasteiger partial charge in [0.25, 0.3) is 0 Å². The fraction of sp³-hybridized carbons (Fsp3) is 0.357. The molecule has 3 nitrogen and oxygen atoms in total. The first kappa shape index (κ1) is 11.7. The lowest BCUT2D eigenvalue weighted by Crippen LogP contribution is -2.05. The van der Waals surface area contributed by atoms with Crippen LogP contribution in [0.2, 0.25) is 0 Å². The fourth-order valence-electron chi connectivity index (χ4n) is 1.72. The predicted octanol–water partition coefficient (Wildman–Crippen LogP) is 3.25. The Morgan fingerprint density at radius 3 is 2.65 bits per heavy atom. The third kappa shape index (κ3) is 2.67. The molecule has 0 amide bonds. The molecule has 0 N–H and O–H groups in total. The van der Waals surface area contributed by atoms with Crippen molar-refractivity contribution in [3.05, 3.63) is 36.2 Å². The number of hydrogen-bond acceptors (Lipinski definition) is 3. The molecule has 0 saturated heterocycles. The van der Waals surface area contributed by atoms with Gasteiger partial charge < -0.3 is 0 Å². The van der Waals surface area contributed by atoms with Crippen LogP contribution >= 0.6 is 0 Å². The summed E-state index contributed by atoms with van der Waals surface area (Å²) in [4.78, 5) is 20.4. The molecule has 0 bridgehead atoms. The largest absolute Gasteiger partial charge is 0.294 e. The van der Waals surface area contributed by atoms with Gasteiger partial charge in [-0.05, 0) is 24.1 Å². The highest BCUT2D eigenvalue weighted by Gasteiger charge is 2.10. The van der Waals surface area contributed by atoms with Crippen LogP contribution in [0.25, 0.3) is 11.0 Å². The zero-order chi connectivity index (χ0) is 12.3. The number of fused-ring (bicyclic) bond motifs is 1. The van der Waals surface area contributed by atoms with E-state index in [1.807, 2.05) is 18.2 Å². The molecular formula is C14H16N2O. The quantitative estimate of drug-likeness (QED) is 0.754. The van der Waals surface area contributed by atoms with Crippen LogP contribution in [-0.4, -0.2) is 15.8 Å². The van der Waals surface area contributed by atoms with E-state index in [-0.39, 0.29) is 5.78 Å². The van der Waals surface area contributed by atoms with E-state index in [0.29, 0.717) is 12.3 Å². The molecule has 1 atom stereocenters. The lowest BCUT2D eigenvalue weighted by Gasteiger charge is -2.07. The van der Waals surface area contributed by atoms with Gasteiger partial charge in [0.2, 0.25) is 0 Å². The van der Waals surface area contributed by atoms with Crippen molar-refractivity contribution in [3.63, 3.8) is 0 Å². The van der Waals surface area contributed by atoms with Gasteiger partial charge in [-0.3, -0.25) is 14.8 Å². The highest BCUT2D eigenvalue weighted by molar-refractivity contribution is 5.98. The standard InChI is InChI=1S/C14H16N2O/c1-3-10(2)8-14(17)11-4-5-12-13(9-11)16-7-6-15-12/h4-7,9-10H,3,8H2,1-2H3. The summed E-state index contributed by atoms with van der Waals surface area (Å²) in [6, 6.07) is 5.51. The monoisotopic (exact) mass is 228 g/mol. The zero-order valence-corrected chi connectivity index (χ0v) is 10.2. The molecule has 0 aliphatic rings. The van der Waals surface area contributed by atoms with Crippen molar-refractivity contribution in [1.29, 1.82) is 0 Å². The van der Waals surface area contributed by atoms with E-state index in [1.54, 1.807) is 12.4 Å². The molecule has 2 rings (SSSR count). The van der Waals surface area contributed by atoms with E-state index in [4.69, 9.17) is 0 Å².